The van der Waals surface area contributed by atoms with Crippen LogP contribution in [-0.2, 0) is 18.9 Å². The third-order valence-electron chi connectivity index (χ3n) is 5.94. The predicted molar refractivity (Wildman–Crippen MR) is 114 cm³/mol. The Morgan fingerprint density at radius 3 is 2.43 bits per heavy atom. The smallest absolute Gasteiger partial charge is 0.105 e. The second-order valence-corrected chi connectivity index (χ2v) is 8.01. The molecule has 7 atom stereocenters. The van der Waals surface area contributed by atoms with Crippen molar-refractivity contribution in [2.45, 2.75) is 96.4 Å². The maximum Gasteiger partial charge on any atom is 0.105 e. The Balaban J connectivity index is 2.48. The number of aliphatic hydroxyl groups excluding tert-OH is 1. The van der Waals surface area contributed by atoms with Gasteiger partial charge in [0.25, 0.3) is 0 Å². The lowest BCUT2D eigenvalue weighted by molar-refractivity contribution is -0.166. The molecule has 0 radical (unpaired) electrons. The van der Waals surface area contributed by atoms with E-state index >= 15 is 0 Å². The number of hydrogen-bond donors (Lipinski definition) is 1. The van der Waals surface area contributed by atoms with E-state index in [0.29, 0.717) is 12.3 Å². The van der Waals surface area contributed by atoms with Crippen molar-refractivity contribution in [2.24, 2.45) is 5.92 Å². The summed E-state index contributed by atoms with van der Waals surface area (Å²) >= 11 is 0. The molecule has 1 rings (SSSR count). The SMILES string of the molecule is CCC(OC)C(C)CCC(O)C/C=C/C=C(\C)C1OC(C)C(OC)CC1OC. The molecular formula is C23H42O5. The van der Waals surface area contributed by atoms with E-state index in [1.807, 2.05) is 19.1 Å². The van der Waals surface area contributed by atoms with Gasteiger partial charge < -0.3 is 24.1 Å². The van der Waals surface area contributed by atoms with Crippen LogP contribution in [0.3, 0.4) is 0 Å². The number of rotatable bonds is 12. The summed E-state index contributed by atoms with van der Waals surface area (Å²) in [7, 11) is 5.20. The molecule has 1 saturated heterocycles. The molecule has 28 heavy (non-hydrogen) atoms. The van der Waals surface area contributed by atoms with Gasteiger partial charge in [0.1, 0.15) is 6.10 Å². The first-order chi connectivity index (χ1) is 13.4. The zero-order valence-electron chi connectivity index (χ0n) is 18.9. The number of allylic oxidation sites excluding steroid dienone is 2. The number of aliphatic hydroxyl groups is 1. The summed E-state index contributed by atoms with van der Waals surface area (Å²) in [6.07, 6.45) is 10.3. The second kappa shape index (κ2) is 13.5. The van der Waals surface area contributed by atoms with E-state index in [1.165, 1.54) is 0 Å². The van der Waals surface area contributed by atoms with Crippen molar-refractivity contribution in [3.05, 3.63) is 23.8 Å². The van der Waals surface area contributed by atoms with Gasteiger partial charge in [-0.05, 0) is 51.0 Å². The molecule has 1 aliphatic rings. The summed E-state index contributed by atoms with van der Waals surface area (Å²) in [4.78, 5) is 0. The molecule has 0 bridgehead atoms. The Morgan fingerprint density at radius 2 is 1.86 bits per heavy atom. The highest BCUT2D eigenvalue weighted by Crippen LogP contribution is 2.28. The van der Waals surface area contributed by atoms with Crippen LogP contribution in [0.25, 0.3) is 0 Å². The van der Waals surface area contributed by atoms with Gasteiger partial charge in [-0.25, -0.2) is 0 Å². The summed E-state index contributed by atoms with van der Waals surface area (Å²) in [6.45, 7) is 8.44. The fraction of sp³-hybridized carbons (Fsp3) is 0.826. The molecule has 5 heteroatoms. The van der Waals surface area contributed by atoms with Crippen LogP contribution in [0, 0.1) is 5.92 Å². The van der Waals surface area contributed by atoms with Gasteiger partial charge in [0, 0.05) is 27.8 Å². The molecule has 5 nitrogen and oxygen atoms in total. The van der Waals surface area contributed by atoms with Crippen LogP contribution in [-0.4, -0.2) is 63.1 Å². The van der Waals surface area contributed by atoms with E-state index in [9.17, 15) is 5.11 Å². The Hall–Kier alpha value is -0.720. The molecule has 0 amide bonds. The van der Waals surface area contributed by atoms with Crippen LogP contribution in [0.1, 0.15) is 59.8 Å². The van der Waals surface area contributed by atoms with Crippen molar-refractivity contribution in [1.29, 1.82) is 0 Å². The molecule has 164 valence electrons. The zero-order chi connectivity index (χ0) is 21.1. The summed E-state index contributed by atoms with van der Waals surface area (Å²) in [6, 6.07) is 0. The molecule has 0 spiro atoms. The third-order valence-corrected chi connectivity index (χ3v) is 5.94. The molecular weight excluding hydrogens is 356 g/mol. The minimum absolute atomic E-state index is 0.00910. The Kier molecular flexibility index (Phi) is 12.2. The first-order valence-electron chi connectivity index (χ1n) is 10.6. The average molecular weight is 399 g/mol. The van der Waals surface area contributed by atoms with E-state index in [-0.39, 0.29) is 36.6 Å². The lowest BCUT2D eigenvalue weighted by Gasteiger charge is -2.39. The van der Waals surface area contributed by atoms with Crippen LogP contribution in [0.4, 0.5) is 0 Å². The van der Waals surface area contributed by atoms with Crippen molar-refractivity contribution >= 4 is 0 Å². The van der Waals surface area contributed by atoms with Crippen molar-refractivity contribution in [1.82, 2.24) is 0 Å². The summed E-state index contributed by atoms with van der Waals surface area (Å²) in [5, 5.41) is 10.2. The predicted octanol–water partition coefficient (Wildman–Crippen LogP) is 4.29. The van der Waals surface area contributed by atoms with Crippen LogP contribution in [0.15, 0.2) is 23.8 Å². The molecule has 0 saturated carbocycles. The summed E-state index contributed by atoms with van der Waals surface area (Å²) in [5.74, 6) is 0.461. The molecule has 1 heterocycles. The van der Waals surface area contributed by atoms with Crippen molar-refractivity contribution in [2.75, 3.05) is 21.3 Å². The highest BCUT2D eigenvalue weighted by molar-refractivity contribution is 5.17. The first-order valence-corrected chi connectivity index (χ1v) is 10.6. The molecule has 1 fully saturated rings. The number of ether oxygens (including phenoxy) is 4. The fourth-order valence-electron chi connectivity index (χ4n) is 3.97. The average Bonchev–Trinajstić information content (AvgIpc) is 2.70. The Bertz CT molecular complexity index is 472. The normalized spacial score (nSPS) is 29.8. The van der Waals surface area contributed by atoms with Crippen molar-refractivity contribution in [3.8, 4) is 0 Å². The van der Waals surface area contributed by atoms with Gasteiger partial charge in [-0.1, -0.05) is 32.1 Å². The van der Waals surface area contributed by atoms with Gasteiger partial charge in [-0.15, -0.1) is 0 Å². The maximum absolute atomic E-state index is 10.2. The third kappa shape index (κ3) is 7.96. The van der Waals surface area contributed by atoms with Crippen LogP contribution in [0.2, 0.25) is 0 Å². The highest BCUT2D eigenvalue weighted by atomic mass is 16.6. The number of methoxy groups -OCH3 is 3. The largest absolute Gasteiger partial charge is 0.393 e. The van der Waals surface area contributed by atoms with E-state index in [0.717, 1.165) is 31.3 Å². The van der Waals surface area contributed by atoms with Crippen LogP contribution < -0.4 is 0 Å². The standard InChI is InChI=1S/C23H42O5/c1-8-20(25-5)16(2)13-14-19(24)12-10-9-11-17(3)23-22(27-7)15-21(26-6)18(4)28-23/h9-11,16,18-24H,8,12-15H2,1-7H3/b10-9+,17-11+. The van der Waals surface area contributed by atoms with Gasteiger partial charge in [-0.2, -0.15) is 0 Å². The van der Waals surface area contributed by atoms with Crippen LogP contribution >= 0.6 is 0 Å². The summed E-state index contributed by atoms with van der Waals surface area (Å²) < 4.78 is 22.7. The highest BCUT2D eigenvalue weighted by Gasteiger charge is 2.36. The van der Waals surface area contributed by atoms with Gasteiger partial charge in [-0.3, -0.25) is 0 Å². The monoisotopic (exact) mass is 398 g/mol. The van der Waals surface area contributed by atoms with E-state index in [2.05, 4.69) is 26.8 Å². The maximum atomic E-state index is 10.2. The molecule has 0 aromatic carbocycles. The van der Waals surface area contributed by atoms with E-state index in [4.69, 9.17) is 18.9 Å². The van der Waals surface area contributed by atoms with Crippen molar-refractivity contribution < 1.29 is 24.1 Å². The number of hydrogen-bond acceptors (Lipinski definition) is 5. The Morgan fingerprint density at radius 1 is 1.18 bits per heavy atom. The fourth-order valence-corrected chi connectivity index (χ4v) is 3.97. The Labute approximate surface area is 172 Å². The molecule has 7 unspecified atom stereocenters. The molecule has 1 aliphatic heterocycles. The quantitative estimate of drug-likeness (QED) is 0.497. The molecule has 0 aliphatic carbocycles. The first kappa shape index (κ1) is 25.3. The zero-order valence-corrected chi connectivity index (χ0v) is 18.9. The second-order valence-electron chi connectivity index (χ2n) is 8.01. The molecule has 0 aromatic heterocycles. The van der Waals surface area contributed by atoms with Crippen molar-refractivity contribution in [3.63, 3.8) is 0 Å². The molecule has 0 aromatic rings. The summed E-state index contributed by atoms with van der Waals surface area (Å²) in [5.41, 5.74) is 1.12. The lowest BCUT2D eigenvalue weighted by atomic mass is 9.94. The topological polar surface area (TPSA) is 57.2 Å². The lowest BCUT2D eigenvalue weighted by Crippen LogP contribution is -2.47. The van der Waals surface area contributed by atoms with Gasteiger partial charge >= 0.3 is 0 Å². The van der Waals surface area contributed by atoms with Gasteiger partial charge in [0.2, 0.25) is 0 Å². The van der Waals surface area contributed by atoms with Gasteiger partial charge in [0.05, 0.1) is 30.5 Å². The minimum Gasteiger partial charge on any atom is -0.393 e. The molecule has 1 N–H and O–H groups in total. The van der Waals surface area contributed by atoms with E-state index < -0.39 is 0 Å². The van der Waals surface area contributed by atoms with E-state index in [1.54, 1.807) is 21.3 Å². The van der Waals surface area contributed by atoms with Gasteiger partial charge in [0.15, 0.2) is 0 Å². The van der Waals surface area contributed by atoms with Crippen LogP contribution in [0.5, 0.6) is 0 Å². The minimum atomic E-state index is -0.318.